The van der Waals surface area contributed by atoms with Crippen LogP contribution in [-0.4, -0.2) is 25.9 Å². The summed E-state index contributed by atoms with van der Waals surface area (Å²) < 4.78 is 33.0. The van der Waals surface area contributed by atoms with Crippen LogP contribution in [0.3, 0.4) is 0 Å². The average molecular weight is 346 g/mol. The number of ether oxygens (including phenoxy) is 3. The van der Waals surface area contributed by atoms with Crippen LogP contribution in [0, 0.1) is 5.82 Å². The third-order valence-corrected chi connectivity index (χ3v) is 5.44. The van der Waals surface area contributed by atoms with Crippen LogP contribution in [-0.2, 0) is 4.74 Å². The molecule has 1 atom stereocenters. The maximum absolute atomic E-state index is 14.6. The molecule has 4 rings (SSSR count). The second-order valence-corrected chi connectivity index (χ2v) is 6.95. The van der Waals surface area contributed by atoms with Crippen molar-refractivity contribution in [3.63, 3.8) is 0 Å². The Labute approximate surface area is 143 Å². The maximum atomic E-state index is 14.6. The first kappa shape index (κ1) is 15.7. The van der Waals surface area contributed by atoms with E-state index in [0.29, 0.717) is 23.7 Å². The lowest BCUT2D eigenvalue weighted by molar-refractivity contribution is 0.0680. The summed E-state index contributed by atoms with van der Waals surface area (Å²) in [4.78, 5) is 0. The number of benzene rings is 2. The smallest absolute Gasteiger partial charge is 0.182 e. The molecule has 3 aromatic rings. The summed E-state index contributed by atoms with van der Waals surface area (Å²) >= 11 is 1.43. The minimum Gasteiger partial charge on any atom is -0.491 e. The van der Waals surface area contributed by atoms with Gasteiger partial charge < -0.3 is 14.2 Å². The Hall–Kier alpha value is -1.85. The molecular formula is C19H19FO3S. The van der Waals surface area contributed by atoms with Gasteiger partial charge in [-0.1, -0.05) is 0 Å². The summed E-state index contributed by atoms with van der Waals surface area (Å²) in [6.07, 6.45) is 2.34. The SMILES string of the molecule is CCOc1ccc2c(sc3cc(OCC4CCCO4)ccc32)c1F. The zero-order chi connectivity index (χ0) is 16.5. The second kappa shape index (κ2) is 6.57. The summed E-state index contributed by atoms with van der Waals surface area (Å²) in [5, 5.41) is 1.96. The fourth-order valence-electron chi connectivity index (χ4n) is 3.09. The van der Waals surface area contributed by atoms with E-state index in [-0.39, 0.29) is 11.9 Å². The highest BCUT2D eigenvalue weighted by Gasteiger charge is 2.17. The summed E-state index contributed by atoms with van der Waals surface area (Å²) in [6.45, 7) is 3.70. The van der Waals surface area contributed by atoms with Gasteiger partial charge in [0.15, 0.2) is 11.6 Å². The first-order valence-electron chi connectivity index (χ1n) is 8.28. The van der Waals surface area contributed by atoms with E-state index in [9.17, 15) is 4.39 Å². The van der Waals surface area contributed by atoms with Gasteiger partial charge in [0.2, 0.25) is 0 Å². The van der Waals surface area contributed by atoms with Gasteiger partial charge >= 0.3 is 0 Å². The number of thiophene rings is 1. The lowest BCUT2D eigenvalue weighted by Gasteiger charge is -2.11. The van der Waals surface area contributed by atoms with Gasteiger partial charge in [0.1, 0.15) is 12.4 Å². The Kier molecular flexibility index (Phi) is 4.29. The van der Waals surface area contributed by atoms with E-state index >= 15 is 0 Å². The molecule has 0 radical (unpaired) electrons. The summed E-state index contributed by atoms with van der Waals surface area (Å²) in [5.74, 6) is 0.832. The van der Waals surface area contributed by atoms with Crippen LogP contribution in [0.15, 0.2) is 30.3 Å². The van der Waals surface area contributed by atoms with E-state index in [4.69, 9.17) is 14.2 Å². The number of halogens is 1. The molecule has 1 fully saturated rings. The lowest BCUT2D eigenvalue weighted by atomic mass is 10.1. The first-order chi connectivity index (χ1) is 11.8. The Morgan fingerprint density at radius 2 is 2.08 bits per heavy atom. The molecule has 1 saturated heterocycles. The molecule has 3 nitrogen and oxygen atoms in total. The van der Waals surface area contributed by atoms with Crippen LogP contribution >= 0.6 is 11.3 Å². The van der Waals surface area contributed by atoms with Crippen LogP contribution in [0.4, 0.5) is 4.39 Å². The molecular weight excluding hydrogens is 327 g/mol. The first-order valence-corrected chi connectivity index (χ1v) is 9.10. The topological polar surface area (TPSA) is 27.7 Å². The molecule has 5 heteroatoms. The summed E-state index contributed by atoms with van der Waals surface area (Å²) in [6, 6.07) is 9.55. The van der Waals surface area contributed by atoms with Crippen LogP contribution in [0.2, 0.25) is 0 Å². The number of hydrogen-bond donors (Lipinski definition) is 0. The van der Waals surface area contributed by atoms with Crippen molar-refractivity contribution in [1.29, 1.82) is 0 Å². The predicted octanol–water partition coefficient (Wildman–Crippen LogP) is 5.15. The molecule has 0 N–H and O–H groups in total. The van der Waals surface area contributed by atoms with Gasteiger partial charge in [0, 0.05) is 22.1 Å². The third kappa shape index (κ3) is 2.82. The minimum atomic E-state index is -0.280. The molecule has 0 aliphatic carbocycles. The highest BCUT2D eigenvalue weighted by Crippen LogP contribution is 2.39. The molecule has 1 aliphatic rings. The van der Waals surface area contributed by atoms with E-state index in [2.05, 4.69) is 0 Å². The van der Waals surface area contributed by atoms with Crippen molar-refractivity contribution in [1.82, 2.24) is 0 Å². The quantitative estimate of drug-likeness (QED) is 0.639. The van der Waals surface area contributed by atoms with Crippen molar-refractivity contribution in [2.24, 2.45) is 0 Å². The van der Waals surface area contributed by atoms with Crippen LogP contribution in [0.5, 0.6) is 11.5 Å². The van der Waals surface area contributed by atoms with Gasteiger partial charge in [0.25, 0.3) is 0 Å². The number of rotatable bonds is 5. The highest BCUT2D eigenvalue weighted by molar-refractivity contribution is 7.25. The normalized spacial score (nSPS) is 17.7. The molecule has 0 bridgehead atoms. The Bertz CT molecular complexity index is 868. The van der Waals surface area contributed by atoms with Gasteiger partial charge in [-0.2, -0.15) is 0 Å². The van der Waals surface area contributed by atoms with Gasteiger partial charge in [0.05, 0.1) is 17.4 Å². The molecule has 0 spiro atoms. The minimum absolute atomic E-state index is 0.189. The van der Waals surface area contributed by atoms with E-state index in [1.54, 1.807) is 6.07 Å². The standard InChI is InChI=1S/C19H19FO3S/c1-2-21-16-8-7-15-14-6-5-12(23-11-13-4-3-9-22-13)10-17(14)24-19(15)18(16)20/h5-8,10,13H,2-4,9,11H2,1H3. The van der Waals surface area contributed by atoms with Crippen molar-refractivity contribution in [2.45, 2.75) is 25.9 Å². The summed E-state index contributed by atoms with van der Waals surface area (Å²) in [5.41, 5.74) is 0. The van der Waals surface area contributed by atoms with Crippen molar-refractivity contribution >= 4 is 31.5 Å². The van der Waals surface area contributed by atoms with Crippen molar-refractivity contribution in [3.05, 3.63) is 36.1 Å². The molecule has 0 amide bonds. The Morgan fingerprint density at radius 3 is 2.88 bits per heavy atom. The van der Waals surface area contributed by atoms with Gasteiger partial charge in [-0.25, -0.2) is 4.39 Å². The van der Waals surface area contributed by atoms with Gasteiger partial charge in [-0.15, -0.1) is 11.3 Å². The van der Waals surface area contributed by atoms with E-state index in [0.717, 1.165) is 40.7 Å². The molecule has 1 unspecified atom stereocenters. The van der Waals surface area contributed by atoms with Crippen molar-refractivity contribution in [2.75, 3.05) is 19.8 Å². The Morgan fingerprint density at radius 1 is 1.21 bits per heavy atom. The average Bonchev–Trinajstić information content (AvgIpc) is 3.23. The monoisotopic (exact) mass is 346 g/mol. The van der Waals surface area contributed by atoms with Gasteiger partial charge in [-0.3, -0.25) is 0 Å². The zero-order valence-corrected chi connectivity index (χ0v) is 14.3. The largest absolute Gasteiger partial charge is 0.491 e. The maximum Gasteiger partial charge on any atom is 0.182 e. The lowest BCUT2D eigenvalue weighted by Crippen LogP contribution is -2.16. The van der Waals surface area contributed by atoms with Crippen LogP contribution in [0.25, 0.3) is 20.2 Å². The predicted molar refractivity (Wildman–Crippen MR) is 94.9 cm³/mol. The second-order valence-electron chi connectivity index (χ2n) is 5.89. The number of fused-ring (bicyclic) bond motifs is 3. The summed E-state index contributed by atoms with van der Waals surface area (Å²) in [7, 11) is 0. The molecule has 126 valence electrons. The molecule has 1 aromatic heterocycles. The highest BCUT2D eigenvalue weighted by atomic mass is 32.1. The van der Waals surface area contributed by atoms with Gasteiger partial charge in [-0.05, 0) is 50.1 Å². The van der Waals surface area contributed by atoms with Crippen LogP contribution < -0.4 is 9.47 Å². The third-order valence-electron chi connectivity index (χ3n) is 4.28. The molecule has 0 saturated carbocycles. The Balaban J connectivity index is 1.66. The van der Waals surface area contributed by atoms with Crippen molar-refractivity contribution in [3.8, 4) is 11.5 Å². The van der Waals surface area contributed by atoms with E-state index in [1.807, 2.05) is 31.2 Å². The fraction of sp³-hybridized carbons (Fsp3) is 0.368. The molecule has 2 aromatic carbocycles. The van der Waals surface area contributed by atoms with E-state index < -0.39 is 0 Å². The van der Waals surface area contributed by atoms with Crippen LogP contribution in [0.1, 0.15) is 19.8 Å². The fourth-order valence-corrected chi connectivity index (χ4v) is 4.25. The molecule has 2 heterocycles. The molecule has 24 heavy (non-hydrogen) atoms. The zero-order valence-electron chi connectivity index (χ0n) is 13.5. The van der Waals surface area contributed by atoms with Crippen molar-refractivity contribution < 1.29 is 18.6 Å². The number of hydrogen-bond acceptors (Lipinski definition) is 4. The molecule has 1 aliphatic heterocycles. The van der Waals surface area contributed by atoms with E-state index in [1.165, 1.54) is 11.3 Å².